The quantitative estimate of drug-likeness (QED) is 0.820. The Labute approximate surface area is 133 Å². The molecule has 2 aliphatic rings. The Morgan fingerprint density at radius 3 is 2.81 bits per heavy atom. The van der Waals surface area contributed by atoms with E-state index in [-0.39, 0.29) is 0 Å². The van der Waals surface area contributed by atoms with Gasteiger partial charge in [0.25, 0.3) is 0 Å². The van der Waals surface area contributed by atoms with Crippen molar-refractivity contribution in [2.24, 2.45) is 5.92 Å². The number of nitrogens with zero attached hydrogens (tertiary/aromatic N) is 2. The van der Waals surface area contributed by atoms with Gasteiger partial charge >= 0.3 is 0 Å². The van der Waals surface area contributed by atoms with E-state index >= 15 is 0 Å². The first-order valence-electron chi connectivity index (χ1n) is 8.66. The summed E-state index contributed by atoms with van der Waals surface area (Å²) in [7, 11) is 0. The highest BCUT2D eigenvalue weighted by Gasteiger charge is 2.32. The average molecular weight is 308 g/mol. The average Bonchev–Trinajstić information content (AvgIpc) is 3.04. The van der Waals surface area contributed by atoms with Gasteiger partial charge in [-0.1, -0.05) is 20.8 Å². The lowest BCUT2D eigenvalue weighted by Crippen LogP contribution is -2.28. The molecular weight excluding hydrogens is 278 g/mol. The largest absolute Gasteiger partial charge is 0.345 e. The molecule has 1 aromatic heterocycles. The van der Waals surface area contributed by atoms with Crippen LogP contribution < -0.4 is 10.2 Å². The zero-order chi connectivity index (χ0) is 14.8. The van der Waals surface area contributed by atoms with E-state index in [2.05, 4.69) is 31.0 Å². The van der Waals surface area contributed by atoms with Crippen molar-refractivity contribution in [2.75, 3.05) is 18.0 Å². The van der Waals surface area contributed by atoms with Crippen LogP contribution >= 0.6 is 11.3 Å². The number of hydrogen-bond donors (Lipinski definition) is 1. The monoisotopic (exact) mass is 307 g/mol. The Morgan fingerprint density at radius 2 is 2.14 bits per heavy atom. The Morgan fingerprint density at radius 1 is 1.33 bits per heavy atom. The molecule has 21 heavy (non-hydrogen) atoms. The third kappa shape index (κ3) is 3.59. The number of anilines is 1. The summed E-state index contributed by atoms with van der Waals surface area (Å²) in [6.07, 6.45) is 6.61. The van der Waals surface area contributed by atoms with Crippen molar-refractivity contribution in [1.82, 2.24) is 10.3 Å². The van der Waals surface area contributed by atoms with E-state index in [1.54, 1.807) is 0 Å². The summed E-state index contributed by atoms with van der Waals surface area (Å²) in [4.78, 5) is 9.12. The van der Waals surface area contributed by atoms with Crippen molar-refractivity contribution in [2.45, 2.75) is 71.4 Å². The predicted octanol–water partition coefficient (Wildman–Crippen LogP) is 4.14. The van der Waals surface area contributed by atoms with Crippen LogP contribution in [-0.4, -0.2) is 24.1 Å². The molecule has 118 valence electrons. The fraction of sp³-hybridized carbons (Fsp3) is 0.824. The molecule has 0 bridgehead atoms. The van der Waals surface area contributed by atoms with E-state index in [9.17, 15) is 0 Å². The smallest absolute Gasteiger partial charge is 0.186 e. The summed E-state index contributed by atoms with van der Waals surface area (Å²) in [6, 6.07) is 0.722. The third-order valence-electron chi connectivity index (χ3n) is 4.61. The maximum atomic E-state index is 5.05. The van der Waals surface area contributed by atoms with Crippen molar-refractivity contribution in [3.05, 3.63) is 10.6 Å². The minimum Gasteiger partial charge on any atom is -0.345 e. The fourth-order valence-corrected chi connectivity index (χ4v) is 4.48. The van der Waals surface area contributed by atoms with Gasteiger partial charge in [-0.05, 0) is 44.6 Å². The molecule has 3 nitrogen and oxygen atoms in total. The van der Waals surface area contributed by atoms with Crippen molar-refractivity contribution in [3.8, 4) is 0 Å². The lowest BCUT2D eigenvalue weighted by atomic mass is 10.2. The number of thiazole rings is 1. The highest BCUT2D eigenvalue weighted by molar-refractivity contribution is 7.15. The van der Waals surface area contributed by atoms with E-state index in [1.807, 2.05) is 11.3 Å². The second kappa shape index (κ2) is 6.66. The predicted molar refractivity (Wildman–Crippen MR) is 91.3 cm³/mol. The zero-order valence-electron chi connectivity index (χ0n) is 13.7. The molecule has 0 radical (unpaired) electrons. The molecule has 1 N–H and O–H groups in total. The fourth-order valence-electron chi connectivity index (χ4n) is 3.26. The SMILES string of the molecule is CCC1CCCN1c1nc(C2CC2)c(CNCC(C)C)s1. The Hall–Kier alpha value is -0.610. The van der Waals surface area contributed by atoms with Crippen LogP contribution in [0.5, 0.6) is 0 Å². The molecular formula is C17H29N3S. The van der Waals surface area contributed by atoms with Crippen molar-refractivity contribution < 1.29 is 0 Å². The molecule has 1 aliphatic carbocycles. The molecule has 2 fully saturated rings. The topological polar surface area (TPSA) is 28.2 Å². The van der Waals surface area contributed by atoms with Crippen LogP contribution in [0.4, 0.5) is 5.13 Å². The van der Waals surface area contributed by atoms with E-state index in [4.69, 9.17) is 4.98 Å². The number of rotatable bonds is 7. The van der Waals surface area contributed by atoms with E-state index in [0.29, 0.717) is 5.92 Å². The van der Waals surface area contributed by atoms with Crippen LogP contribution in [0.2, 0.25) is 0 Å². The molecule has 3 rings (SSSR count). The standard InChI is InChI=1S/C17H29N3S/c1-4-14-6-5-9-20(14)17-19-16(13-7-8-13)15(21-17)11-18-10-12(2)3/h12-14,18H,4-11H2,1-3H3. The minimum absolute atomic E-state index is 0.713. The van der Waals surface area contributed by atoms with Gasteiger partial charge in [0.1, 0.15) is 0 Å². The van der Waals surface area contributed by atoms with E-state index in [1.165, 1.54) is 54.4 Å². The van der Waals surface area contributed by atoms with Gasteiger partial charge < -0.3 is 10.2 Å². The summed E-state index contributed by atoms with van der Waals surface area (Å²) in [6.45, 7) is 10.1. The summed E-state index contributed by atoms with van der Waals surface area (Å²) in [5, 5.41) is 4.90. The van der Waals surface area contributed by atoms with E-state index < -0.39 is 0 Å². The molecule has 1 aliphatic heterocycles. The lowest BCUT2D eigenvalue weighted by molar-refractivity contribution is 0.553. The van der Waals surface area contributed by atoms with Gasteiger partial charge in [-0.15, -0.1) is 11.3 Å². The van der Waals surface area contributed by atoms with Crippen molar-refractivity contribution >= 4 is 16.5 Å². The van der Waals surface area contributed by atoms with Crippen LogP contribution in [0.15, 0.2) is 0 Å². The summed E-state index contributed by atoms with van der Waals surface area (Å²) < 4.78 is 0. The van der Waals surface area contributed by atoms with Gasteiger partial charge in [-0.3, -0.25) is 0 Å². The molecule has 1 saturated carbocycles. The summed E-state index contributed by atoms with van der Waals surface area (Å²) in [5.41, 5.74) is 1.41. The summed E-state index contributed by atoms with van der Waals surface area (Å²) >= 11 is 1.95. The first-order chi connectivity index (χ1) is 10.2. The van der Waals surface area contributed by atoms with Crippen molar-refractivity contribution in [3.63, 3.8) is 0 Å². The zero-order valence-corrected chi connectivity index (χ0v) is 14.5. The number of hydrogen-bond acceptors (Lipinski definition) is 4. The van der Waals surface area contributed by atoms with Crippen LogP contribution in [0.25, 0.3) is 0 Å². The highest BCUT2D eigenvalue weighted by atomic mass is 32.1. The van der Waals surface area contributed by atoms with Gasteiger partial charge in [0.15, 0.2) is 5.13 Å². The second-order valence-corrected chi connectivity index (χ2v) is 8.06. The van der Waals surface area contributed by atoms with Crippen LogP contribution in [0, 0.1) is 5.92 Å². The van der Waals surface area contributed by atoms with E-state index in [0.717, 1.165) is 25.0 Å². The second-order valence-electron chi connectivity index (χ2n) is 7.00. The molecule has 0 aromatic carbocycles. The molecule has 0 amide bonds. The van der Waals surface area contributed by atoms with Crippen molar-refractivity contribution in [1.29, 1.82) is 0 Å². The Bertz CT molecular complexity index is 465. The van der Waals surface area contributed by atoms with Crippen LogP contribution in [-0.2, 0) is 6.54 Å². The number of nitrogens with one attached hydrogen (secondary N) is 1. The molecule has 2 heterocycles. The Kier molecular flexibility index (Phi) is 4.85. The van der Waals surface area contributed by atoms with Crippen LogP contribution in [0.1, 0.15) is 69.4 Å². The normalized spacial score (nSPS) is 22.5. The molecule has 1 aromatic rings. The van der Waals surface area contributed by atoms with Gasteiger partial charge in [-0.25, -0.2) is 4.98 Å². The number of aromatic nitrogens is 1. The highest BCUT2D eigenvalue weighted by Crippen LogP contribution is 2.45. The first kappa shape index (κ1) is 15.3. The minimum atomic E-state index is 0.713. The van der Waals surface area contributed by atoms with Crippen LogP contribution in [0.3, 0.4) is 0 Å². The Balaban J connectivity index is 1.73. The third-order valence-corrected chi connectivity index (χ3v) is 5.72. The maximum Gasteiger partial charge on any atom is 0.186 e. The van der Waals surface area contributed by atoms with Gasteiger partial charge in [0, 0.05) is 29.9 Å². The first-order valence-corrected chi connectivity index (χ1v) is 9.47. The molecule has 4 heteroatoms. The maximum absolute atomic E-state index is 5.05. The van der Waals surface area contributed by atoms with Gasteiger partial charge in [0.05, 0.1) is 5.69 Å². The molecule has 1 unspecified atom stereocenters. The molecule has 1 atom stereocenters. The van der Waals surface area contributed by atoms with Gasteiger partial charge in [0.2, 0.25) is 0 Å². The molecule has 1 saturated heterocycles. The molecule has 0 spiro atoms. The lowest BCUT2D eigenvalue weighted by Gasteiger charge is -2.22. The van der Waals surface area contributed by atoms with Gasteiger partial charge in [-0.2, -0.15) is 0 Å². The summed E-state index contributed by atoms with van der Waals surface area (Å²) in [5.74, 6) is 1.47.